The Balaban J connectivity index is 2.69. The lowest BCUT2D eigenvalue weighted by atomic mass is 9.56. The zero-order chi connectivity index (χ0) is 30.5. The Morgan fingerprint density at radius 1 is 0.750 bits per heavy atom. The Kier molecular flexibility index (Phi) is 8.48. The lowest BCUT2D eigenvalue weighted by Crippen LogP contribution is -2.46. The van der Waals surface area contributed by atoms with Gasteiger partial charge in [-0.3, -0.25) is 4.79 Å². The van der Waals surface area contributed by atoms with Gasteiger partial charge < -0.3 is 10.2 Å². The molecule has 3 nitrogen and oxygen atoms in total. The first-order chi connectivity index (χ1) is 18.2. The lowest BCUT2D eigenvalue weighted by Gasteiger charge is -2.50. The molecular weight excluding hydrogens is 492 g/mol. The van der Waals surface area contributed by atoms with Gasteiger partial charge in [-0.1, -0.05) is 138 Å². The second kappa shape index (κ2) is 10.6. The quantitative estimate of drug-likeness (QED) is 0.341. The van der Waals surface area contributed by atoms with Crippen LogP contribution in [0, 0.1) is 16.7 Å². The maximum atomic E-state index is 13.5. The summed E-state index contributed by atoms with van der Waals surface area (Å²) in [5, 5.41) is 24.3. The third-order valence-electron chi connectivity index (χ3n) is 9.25. The van der Waals surface area contributed by atoms with Crippen molar-refractivity contribution in [2.75, 3.05) is 0 Å². The molecule has 218 valence electrons. The molecule has 0 saturated heterocycles. The zero-order valence-electron chi connectivity index (χ0n) is 27.0. The van der Waals surface area contributed by atoms with Crippen molar-refractivity contribution in [2.45, 2.75) is 112 Å². The highest BCUT2D eigenvalue weighted by molar-refractivity contribution is 5.94. The minimum Gasteiger partial charge on any atom is -0.481 e. The molecule has 2 aromatic rings. The van der Waals surface area contributed by atoms with Gasteiger partial charge >= 0.3 is 5.97 Å². The Morgan fingerprint density at radius 2 is 1.23 bits per heavy atom. The maximum Gasteiger partial charge on any atom is 0.314 e. The van der Waals surface area contributed by atoms with E-state index in [0.29, 0.717) is 0 Å². The Morgan fingerprint density at radius 3 is 1.70 bits per heavy atom. The van der Waals surface area contributed by atoms with Gasteiger partial charge in [0.15, 0.2) is 0 Å². The molecule has 3 heteroatoms. The van der Waals surface area contributed by atoms with Crippen LogP contribution in [-0.4, -0.2) is 16.2 Å². The number of hydrogen-bond donors (Lipinski definition) is 2. The van der Waals surface area contributed by atoms with E-state index in [0.717, 1.165) is 51.8 Å². The molecule has 0 aromatic heterocycles. The Hall–Kier alpha value is -2.65. The van der Waals surface area contributed by atoms with Crippen LogP contribution in [0.5, 0.6) is 0 Å². The van der Waals surface area contributed by atoms with E-state index in [1.54, 1.807) is 0 Å². The van der Waals surface area contributed by atoms with E-state index in [4.69, 9.17) is 0 Å². The van der Waals surface area contributed by atoms with Crippen molar-refractivity contribution < 1.29 is 15.0 Å². The zero-order valence-corrected chi connectivity index (χ0v) is 27.0. The Bertz CT molecular complexity index is 1320. The van der Waals surface area contributed by atoms with Crippen LogP contribution in [0.2, 0.25) is 0 Å². The van der Waals surface area contributed by atoms with Crippen LogP contribution in [0.4, 0.5) is 0 Å². The van der Waals surface area contributed by atoms with Crippen molar-refractivity contribution in [1.82, 2.24) is 0 Å². The van der Waals surface area contributed by atoms with Gasteiger partial charge in [0.05, 0.1) is 0 Å². The molecule has 0 fully saturated rings. The fourth-order valence-corrected chi connectivity index (χ4v) is 6.45. The molecule has 2 unspecified atom stereocenters. The van der Waals surface area contributed by atoms with Crippen molar-refractivity contribution in [3.8, 4) is 0 Å². The predicted octanol–water partition coefficient (Wildman–Crippen LogP) is 9.44. The molecule has 2 aromatic carbocycles. The molecule has 0 spiro atoms. The van der Waals surface area contributed by atoms with E-state index >= 15 is 0 Å². The summed E-state index contributed by atoms with van der Waals surface area (Å²) < 4.78 is 0. The number of carboxylic acid groups (broad SMARTS) is 1. The summed E-state index contributed by atoms with van der Waals surface area (Å²) in [5.41, 5.74) is 3.31. The average Bonchev–Trinajstić information content (AvgIpc) is 2.86. The molecule has 0 heterocycles. The topological polar surface area (TPSA) is 57.5 Å². The van der Waals surface area contributed by atoms with Gasteiger partial charge in [0.1, 0.15) is 11.5 Å². The van der Waals surface area contributed by atoms with Crippen LogP contribution < -0.4 is 0 Å². The number of rotatable bonds is 7. The van der Waals surface area contributed by atoms with Crippen LogP contribution in [0.25, 0.3) is 5.57 Å². The van der Waals surface area contributed by atoms with Crippen LogP contribution in [-0.2, 0) is 21.2 Å². The van der Waals surface area contributed by atoms with Crippen LogP contribution in [0.1, 0.15) is 118 Å². The highest BCUT2D eigenvalue weighted by Gasteiger charge is 2.53. The fourth-order valence-electron chi connectivity index (χ4n) is 6.45. The third-order valence-corrected chi connectivity index (χ3v) is 9.25. The monoisotopic (exact) mass is 544 g/mol. The first-order valence-electron chi connectivity index (χ1n) is 14.9. The number of aliphatic carboxylic acids is 1. The second-order valence-electron chi connectivity index (χ2n) is 15.0. The predicted molar refractivity (Wildman–Crippen MR) is 168 cm³/mol. The van der Waals surface area contributed by atoms with E-state index < -0.39 is 28.3 Å². The van der Waals surface area contributed by atoms with Gasteiger partial charge in [0.25, 0.3) is 0 Å². The van der Waals surface area contributed by atoms with Crippen LogP contribution in [0.15, 0.2) is 65.8 Å². The number of hydrogen-bond acceptors (Lipinski definition) is 2. The van der Waals surface area contributed by atoms with Gasteiger partial charge in [0.2, 0.25) is 0 Å². The van der Waals surface area contributed by atoms with Crippen molar-refractivity contribution >= 4 is 11.5 Å². The summed E-state index contributed by atoms with van der Waals surface area (Å²) in [4.78, 5) is 13.2. The minimum atomic E-state index is -1.50. The van der Waals surface area contributed by atoms with Crippen LogP contribution >= 0.6 is 0 Å². The fraction of sp³-hybridized carbons (Fsp3) is 0.541. The van der Waals surface area contributed by atoms with Crippen molar-refractivity contribution in [3.05, 3.63) is 88.0 Å². The van der Waals surface area contributed by atoms with Crippen molar-refractivity contribution in [3.63, 3.8) is 0 Å². The Labute approximate surface area is 243 Å². The number of aliphatic hydroxyl groups is 1. The molecule has 3 rings (SSSR count). The molecule has 2 N–H and O–H groups in total. The van der Waals surface area contributed by atoms with E-state index in [1.165, 1.54) is 0 Å². The molecule has 0 amide bonds. The standard InChI is InChI=1S/C37H52O3/c1-13-35(9,10)26-20-16-15-19-24(26)30-25(32(38)39)23-29(33(3,4)5)37(40,31(30)34(6,7)8)28-22-18-17-21-27(28)36(11,12)14-2/h15-23,25,40H,13-14H2,1-12H3,(H,38,39). The van der Waals surface area contributed by atoms with Gasteiger partial charge in [-0.05, 0) is 73.5 Å². The van der Waals surface area contributed by atoms with E-state index in [9.17, 15) is 15.0 Å². The first-order valence-corrected chi connectivity index (χ1v) is 14.9. The summed E-state index contributed by atoms with van der Waals surface area (Å²) >= 11 is 0. The summed E-state index contributed by atoms with van der Waals surface area (Å²) in [6, 6.07) is 16.4. The van der Waals surface area contributed by atoms with E-state index in [-0.39, 0.29) is 10.8 Å². The molecule has 0 bridgehead atoms. The van der Waals surface area contributed by atoms with E-state index in [2.05, 4.69) is 107 Å². The summed E-state index contributed by atoms with van der Waals surface area (Å²) in [6.45, 7) is 25.8. The van der Waals surface area contributed by atoms with Crippen LogP contribution in [0.3, 0.4) is 0 Å². The summed E-state index contributed by atoms with van der Waals surface area (Å²) in [7, 11) is 0. The normalized spacial score (nSPS) is 20.9. The van der Waals surface area contributed by atoms with Gasteiger partial charge in [-0.15, -0.1) is 0 Å². The molecule has 40 heavy (non-hydrogen) atoms. The van der Waals surface area contributed by atoms with E-state index in [1.807, 2.05) is 30.3 Å². The third kappa shape index (κ3) is 5.47. The molecule has 0 saturated carbocycles. The van der Waals surface area contributed by atoms with Gasteiger partial charge in [-0.25, -0.2) is 0 Å². The largest absolute Gasteiger partial charge is 0.481 e. The van der Waals surface area contributed by atoms with Gasteiger partial charge in [-0.2, -0.15) is 0 Å². The highest BCUT2D eigenvalue weighted by atomic mass is 16.4. The molecule has 0 radical (unpaired) electrons. The van der Waals surface area contributed by atoms with Crippen molar-refractivity contribution in [1.29, 1.82) is 0 Å². The smallest absolute Gasteiger partial charge is 0.314 e. The molecular formula is C37H52O3. The maximum absolute atomic E-state index is 13.5. The first kappa shape index (κ1) is 31.9. The summed E-state index contributed by atoms with van der Waals surface area (Å²) in [5.74, 6) is -1.78. The summed E-state index contributed by atoms with van der Waals surface area (Å²) in [6.07, 6.45) is 3.67. The average molecular weight is 545 g/mol. The molecule has 2 atom stereocenters. The van der Waals surface area contributed by atoms with Gasteiger partial charge in [0, 0.05) is 0 Å². The van der Waals surface area contributed by atoms with Crippen molar-refractivity contribution in [2.24, 2.45) is 16.7 Å². The highest BCUT2D eigenvalue weighted by Crippen LogP contribution is 2.59. The number of benzene rings is 2. The molecule has 1 aliphatic rings. The number of carbonyl (C=O) groups is 1. The minimum absolute atomic E-state index is 0.177. The SMILES string of the molecule is CCC(C)(C)c1ccccc1C1=C(C(C)(C)C)C(O)(c2ccccc2C(C)(C)CC)C(C(C)(C)C)=CC1C(=O)O. The number of carboxylic acids is 1. The second-order valence-corrected chi connectivity index (χ2v) is 15.0. The molecule has 1 aliphatic carbocycles. The lowest BCUT2D eigenvalue weighted by molar-refractivity contribution is -0.138. The molecule has 0 aliphatic heterocycles.